The Labute approximate surface area is 159 Å². The number of carbonyl (C=O) groups excluding carboxylic acids is 3. The highest BCUT2D eigenvalue weighted by Crippen LogP contribution is 2.33. The van der Waals surface area contributed by atoms with Gasteiger partial charge in [-0.3, -0.25) is 4.79 Å². The number of aryl methyl sites for hydroxylation is 1. The van der Waals surface area contributed by atoms with Crippen molar-refractivity contribution >= 4 is 45.8 Å². The van der Waals surface area contributed by atoms with E-state index in [1.165, 1.54) is 29.7 Å². The zero-order chi connectivity index (χ0) is 19.3. The van der Waals surface area contributed by atoms with Crippen molar-refractivity contribution < 1.29 is 23.9 Å². The van der Waals surface area contributed by atoms with Crippen LogP contribution >= 0.6 is 22.9 Å². The van der Waals surface area contributed by atoms with Crippen molar-refractivity contribution in [3.63, 3.8) is 0 Å². The second kappa shape index (κ2) is 8.77. The molecule has 0 saturated carbocycles. The molecule has 0 fully saturated rings. The second-order valence-corrected chi connectivity index (χ2v) is 6.81. The summed E-state index contributed by atoms with van der Waals surface area (Å²) in [4.78, 5) is 40.7. The number of thiophene rings is 1. The Morgan fingerprint density at radius 2 is 1.96 bits per heavy atom. The van der Waals surface area contributed by atoms with E-state index in [4.69, 9.17) is 21.1 Å². The molecule has 138 valence electrons. The molecule has 7 nitrogen and oxygen atoms in total. The van der Waals surface area contributed by atoms with Gasteiger partial charge in [-0.15, -0.1) is 11.3 Å². The van der Waals surface area contributed by atoms with Crippen molar-refractivity contribution in [1.29, 1.82) is 0 Å². The number of aromatic nitrogens is 1. The van der Waals surface area contributed by atoms with Gasteiger partial charge < -0.3 is 14.8 Å². The molecule has 0 aliphatic heterocycles. The summed E-state index contributed by atoms with van der Waals surface area (Å²) >= 11 is 6.97. The Morgan fingerprint density at radius 3 is 2.62 bits per heavy atom. The molecular weight excluding hydrogens is 380 g/mol. The van der Waals surface area contributed by atoms with Gasteiger partial charge in [0, 0.05) is 11.1 Å². The lowest BCUT2D eigenvalue weighted by atomic mass is 10.1. The van der Waals surface area contributed by atoms with Gasteiger partial charge in [0.2, 0.25) is 0 Å². The first-order valence-electron chi connectivity index (χ1n) is 7.69. The first kappa shape index (κ1) is 19.9. The fraction of sp³-hybridized carbons (Fsp3) is 0.294. The topological polar surface area (TPSA) is 94.6 Å². The van der Waals surface area contributed by atoms with Crippen molar-refractivity contribution in [3.8, 4) is 0 Å². The number of hydrogen-bond donors (Lipinski definition) is 1. The molecule has 2 heterocycles. The number of carbonyl (C=O) groups is 3. The first-order chi connectivity index (χ1) is 12.3. The molecule has 0 bridgehead atoms. The van der Waals surface area contributed by atoms with Crippen LogP contribution in [-0.2, 0) is 14.3 Å². The predicted molar refractivity (Wildman–Crippen MR) is 97.9 cm³/mol. The minimum Gasteiger partial charge on any atom is -0.462 e. The number of amides is 1. The van der Waals surface area contributed by atoms with Crippen LogP contribution in [0.5, 0.6) is 0 Å². The van der Waals surface area contributed by atoms with Crippen molar-refractivity contribution in [2.75, 3.05) is 18.5 Å². The highest BCUT2D eigenvalue weighted by atomic mass is 35.5. The Kier molecular flexibility index (Phi) is 6.70. The van der Waals surface area contributed by atoms with E-state index in [1.807, 2.05) is 6.92 Å². The van der Waals surface area contributed by atoms with Crippen LogP contribution in [-0.4, -0.2) is 36.0 Å². The molecule has 2 rings (SSSR count). The molecule has 26 heavy (non-hydrogen) atoms. The summed E-state index contributed by atoms with van der Waals surface area (Å²) in [6.07, 6.45) is 1.36. The van der Waals surface area contributed by atoms with Gasteiger partial charge in [0.1, 0.15) is 10.2 Å². The monoisotopic (exact) mass is 396 g/mol. The molecule has 2 aromatic rings. The maximum atomic E-state index is 12.1. The lowest BCUT2D eigenvalue weighted by Gasteiger charge is -2.08. The largest absolute Gasteiger partial charge is 0.462 e. The quantitative estimate of drug-likeness (QED) is 0.594. The lowest BCUT2D eigenvalue weighted by Crippen LogP contribution is -2.21. The van der Waals surface area contributed by atoms with E-state index in [-0.39, 0.29) is 17.3 Å². The number of halogens is 1. The standard InChI is InChI=1S/C17H17ClN2O5S/c1-4-24-17(23)14-9(2)10(3)26-15(14)20-13(21)8-25-16(22)11-5-6-19-12(18)7-11/h5-7H,4,8H2,1-3H3,(H,20,21). The van der Waals surface area contributed by atoms with Crippen LogP contribution in [0.2, 0.25) is 5.15 Å². The number of hydrogen-bond acceptors (Lipinski definition) is 7. The van der Waals surface area contributed by atoms with Gasteiger partial charge in [-0.1, -0.05) is 11.6 Å². The van der Waals surface area contributed by atoms with E-state index >= 15 is 0 Å². The number of anilines is 1. The molecule has 0 saturated heterocycles. The Hall–Kier alpha value is -2.45. The number of pyridine rings is 1. The minimum atomic E-state index is -0.700. The Morgan fingerprint density at radius 1 is 1.23 bits per heavy atom. The van der Waals surface area contributed by atoms with Crippen molar-refractivity contribution in [2.24, 2.45) is 0 Å². The van der Waals surface area contributed by atoms with Crippen LogP contribution in [0.3, 0.4) is 0 Å². The van der Waals surface area contributed by atoms with Crippen LogP contribution in [0.25, 0.3) is 0 Å². The highest BCUT2D eigenvalue weighted by Gasteiger charge is 2.22. The second-order valence-electron chi connectivity index (χ2n) is 5.20. The molecule has 0 spiro atoms. The minimum absolute atomic E-state index is 0.146. The predicted octanol–water partition coefficient (Wildman–Crippen LogP) is 3.39. The molecule has 0 unspecified atom stereocenters. The van der Waals surface area contributed by atoms with Gasteiger partial charge in [-0.05, 0) is 38.5 Å². The summed E-state index contributed by atoms with van der Waals surface area (Å²) < 4.78 is 9.98. The zero-order valence-electron chi connectivity index (χ0n) is 14.4. The van der Waals surface area contributed by atoms with Crippen LogP contribution < -0.4 is 5.32 Å². The number of nitrogens with zero attached hydrogens (tertiary/aromatic N) is 1. The Bertz CT molecular complexity index is 850. The SMILES string of the molecule is CCOC(=O)c1c(NC(=O)COC(=O)c2ccnc(Cl)c2)sc(C)c1C. The molecular formula is C17H17ClN2O5S. The number of esters is 2. The van der Waals surface area contributed by atoms with Crippen molar-refractivity contribution in [1.82, 2.24) is 4.98 Å². The fourth-order valence-electron chi connectivity index (χ4n) is 2.07. The van der Waals surface area contributed by atoms with E-state index in [0.29, 0.717) is 10.6 Å². The van der Waals surface area contributed by atoms with Crippen molar-refractivity contribution in [2.45, 2.75) is 20.8 Å². The lowest BCUT2D eigenvalue weighted by molar-refractivity contribution is -0.119. The van der Waals surface area contributed by atoms with Crippen LogP contribution in [0.1, 0.15) is 38.1 Å². The number of rotatable bonds is 6. The van der Waals surface area contributed by atoms with Crippen LogP contribution in [0.15, 0.2) is 18.3 Å². The molecule has 1 amide bonds. The third-order valence-corrected chi connectivity index (χ3v) is 4.74. The smallest absolute Gasteiger partial charge is 0.341 e. The fourth-order valence-corrected chi connectivity index (χ4v) is 3.31. The zero-order valence-corrected chi connectivity index (χ0v) is 16.0. The molecule has 9 heteroatoms. The third kappa shape index (κ3) is 4.80. The highest BCUT2D eigenvalue weighted by molar-refractivity contribution is 7.16. The molecule has 0 aromatic carbocycles. The number of nitrogens with one attached hydrogen (secondary N) is 1. The summed E-state index contributed by atoms with van der Waals surface area (Å²) in [6, 6.07) is 2.77. The molecule has 0 atom stereocenters. The maximum Gasteiger partial charge on any atom is 0.341 e. The average Bonchev–Trinajstić information content (AvgIpc) is 2.86. The van der Waals surface area contributed by atoms with Gasteiger partial charge in [0.05, 0.1) is 17.7 Å². The first-order valence-corrected chi connectivity index (χ1v) is 8.88. The van der Waals surface area contributed by atoms with E-state index in [0.717, 1.165) is 10.4 Å². The van der Waals surface area contributed by atoms with E-state index in [9.17, 15) is 14.4 Å². The summed E-state index contributed by atoms with van der Waals surface area (Å²) in [6.45, 7) is 5.05. The van der Waals surface area contributed by atoms with Gasteiger partial charge in [0.25, 0.3) is 5.91 Å². The molecule has 1 N–H and O–H groups in total. The molecule has 0 aliphatic carbocycles. The van der Waals surface area contributed by atoms with Gasteiger partial charge in [-0.25, -0.2) is 14.6 Å². The Balaban J connectivity index is 2.03. The summed E-state index contributed by atoms with van der Waals surface area (Å²) in [5.41, 5.74) is 1.25. The summed E-state index contributed by atoms with van der Waals surface area (Å²) in [5.74, 6) is -1.77. The third-order valence-electron chi connectivity index (χ3n) is 3.41. The van der Waals surface area contributed by atoms with E-state index in [1.54, 1.807) is 13.8 Å². The average molecular weight is 397 g/mol. The van der Waals surface area contributed by atoms with Gasteiger partial charge in [0.15, 0.2) is 6.61 Å². The molecule has 0 radical (unpaired) electrons. The maximum absolute atomic E-state index is 12.1. The normalized spacial score (nSPS) is 10.3. The summed E-state index contributed by atoms with van der Waals surface area (Å²) in [5, 5.41) is 3.11. The molecule has 2 aromatic heterocycles. The van der Waals surface area contributed by atoms with Crippen LogP contribution in [0.4, 0.5) is 5.00 Å². The van der Waals surface area contributed by atoms with Crippen molar-refractivity contribution in [3.05, 3.63) is 45.1 Å². The van der Waals surface area contributed by atoms with Gasteiger partial charge in [-0.2, -0.15) is 0 Å². The number of ether oxygens (including phenoxy) is 2. The summed E-state index contributed by atoms with van der Waals surface area (Å²) in [7, 11) is 0. The van der Waals surface area contributed by atoms with E-state index in [2.05, 4.69) is 10.3 Å². The van der Waals surface area contributed by atoms with Gasteiger partial charge >= 0.3 is 11.9 Å². The molecule has 0 aliphatic rings. The van der Waals surface area contributed by atoms with E-state index < -0.39 is 24.5 Å². The van der Waals surface area contributed by atoms with Crippen LogP contribution in [0, 0.1) is 13.8 Å².